The highest BCUT2D eigenvalue weighted by molar-refractivity contribution is 7.26. The molecule has 2 aromatic heterocycles. The smallest absolute Gasteiger partial charge is 0.0705 e. The zero-order chi connectivity index (χ0) is 19.8. The van der Waals surface area contributed by atoms with Gasteiger partial charge in [0.2, 0.25) is 0 Å². The first-order valence-electron chi connectivity index (χ1n) is 10.1. The molecule has 5 rings (SSSR count). The summed E-state index contributed by atoms with van der Waals surface area (Å²) >= 11 is 1.87. The van der Waals surface area contributed by atoms with Crippen LogP contribution < -0.4 is 0 Å². The third-order valence-corrected chi connectivity index (χ3v) is 6.45. The second-order valence-corrected chi connectivity index (χ2v) is 9.09. The molecule has 0 bridgehead atoms. The monoisotopic (exact) mass is 393 g/mol. The molecule has 0 aliphatic heterocycles. The van der Waals surface area contributed by atoms with E-state index in [0.717, 1.165) is 12.1 Å². The lowest BCUT2D eigenvalue weighted by atomic mass is 9.95. The highest BCUT2D eigenvalue weighted by Gasteiger charge is 2.14. The second-order valence-electron chi connectivity index (χ2n) is 8.01. The fourth-order valence-electron chi connectivity index (χ4n) is 4.08. The van der Waals surface area contributed by atoms with Crippen LogP contribution in [0.15, 0.2) is 85.1 Å². The molecule has 0 fully saturated rings. The van der Waals surface area contributed by atoms with Crippen LogP contribution in [0.4, 0.5) is 0 Å². The van der Waals surface area contributed by atoms with E-state index in [2.05, 4.69) is 92.7 Å². The zero-order valence-electron chi connectivity index (χ0n) is 16.7. The number of nitrogens with zero attached hydrogens (tertiary/aromatic N) is 1. The van der Waals surface area contributed by atoms with Crippen molar-refractivity contribution in [3.05, 3.63) is 90.6 Å². The maximum absolute atomic E-state index is 4.72. The van der Waals surface area contributed by atoms with E-state index < -0.39 is 0 Å². The topological polar surface area (TPSA) is 12.9 Å². The Labute approximate surface area is 175 Å². The Morgan fingerprint density at radius 3 is 2.41 bits per heavy atom. The summed E-state index contributed by atoms with van der Waals surface area (Å²) in [6.07, 6.45) is 3.02. The van der Waals surface area contributed by atoms with Gasteiger partial charge in [0.05, 0.1) is 5.69 Å². The van der Waals surface area contributed by atoms with E-state index in [1.165, 1.54) is 42.4 Å². The van der Waals surface area contributed by atoms with E-state index in [0.29, 0.717) is 5.92 Å². The summed E-state index contributed by atoms with van der Waals surface area (Å²) in [5.74, 6) is 0.634. The van der Waals surface area contributed by atoms with E-state index in [-0.39, 0.29) is 0 Å². The molecular weight excluding hydrogens is 370 g/mol. The van der Waals surface area contributed by atoms with Gasteiger partial charge in [0.1, 0.15) is 0 Å². The van der Waals surface area contributed by atoms with Crippen LogP contribution in [0.5, 0.6) is 0 Å². The molecule has 0 amide bonds. The van der Waals surface area contributed by atoms with Crippen LogP contribution in [0.3, 0.4) is 0 Å². The largest absolute Gasteiger partial charge is 0.256 e. The summed E-state index contributed by atoms with van der Waals surface area (Å²) in [5.41, 5.74) is 6.13. The molecule has 0 atom stereocenters. The highest BCUT2D eigenvalue weighted by atomic mass is 32.1. The first kappa shape index (κ1) is 18.1. The highest BCUT2D eigenvalue weighted by Crippen LogP contribution is 2.42. The van der Waals surface area contributed by atoms with Crippen LogP contribution in [-0.4, -0.2) is 4.98 Å². The number of pyridine rings is 1. The summed E-state index contributed by atoms with van der Waals surface area (Å²) in [5, 5.41) is 2.68. The Morgan fingerprint density at radius 1 is 0.793 bits per heavy atom. The summed E-state index contributed by atoms with van der Waals surface area (Å²) in [7, 11) is 0. The third kappa shape index (κ3) is 3.45. The molecule has 2 heteroatoms. The van der Waals surface area contributed by atoms with Gasteiger partial charge in [0.15, 0.2) is 0 Å². The molecule has 0 aliphatic carbocycles. The Kier molecular flexibility index (Phi) is 4.65. The van der Waals surface area contributed by atoms with Gasteiger partial charge in [-0.3, -0.25) is 4.98 Å². The average molecular weight is 394 g/mol. The first-order chi connectivity index (χ1) is 14.2. The fourth-order valence-corrected chi connectivity index (χ4v) is 5.25. The van der Waals surface area contributed by atoms with Crippen LogP contribution in [-0.2, 0) is 6.42 Å². The minimum atomic E-state index is 0.634. The predicted molar refractivity (Wildman–Crippen MR) is 127 cm³/mol. The minimum Gasteiger partial charge on any atom is -0.256 e. The molecule has 29 heavy (non-hydrogen) atoms. The van der Waals surface area contributed by atoms with Crippen molar-refractivity contribution in [2.45, 2.75) is 20.3 Å². The van der Waals surface area contributed by atoms with Crippen molar-refractivity contribution < 1.29 is 0 Å². The van der Waals surface area contributed by atoms with Crippen LogP contribution in [0.25, 0.3) is 42.6 Å². The van der Waals surface area contributed by atoms with E-state index in [4.69, 9.17) is 4.98 Å². The van der Waals surface area contributed by atoms with Gasteiger partial charge < -0.3 is 0 Å². The molecule has 0 aliphatic rings. The molecule has 5 aromatic rings. The minimum absolute atomic E-state index is 0.634. The van der Waals surface area contributed by atoms with Crippen LogP contribution in [0, 0.1) is 5.92 Å². The fraction of sp³-hybridized carbons (Fsp3) is 0.148. The molecule has 0 spiro atoms. The number of aromatic nitrogens is 1. The summed E-state index contributed by atoms with van der Waals surface area (Å²) in [6, 6.07) is 28.4. The van der Waals surface area contributed by atoms with Gasteiger partial charge in [-0.05, 0) is 59.4 Å². The molecule has 142 valence electrons. The SMILES string of the molecule is CC(C)Cc1ccnc(-c2cc(-c3ccccc3)c3c(c2)sc2ccccc23)c1. The summed E-state index contributed by atoms with van der Waals surface area (Å²) in [6.45, 7) is 4.52. The van der Waals surface area contributed by atoms with E-state index in [1.54, 1.807) is 0 Å². The molecule has 0 saturated carbocycles. The van der Waals surface area contributed by atoms with Gasteiger partial charge in [-0.25, -0.2) is 0 Å². The van der Waals surface area contributed by atoms with Gasteiger partial charge >= 0.3 is 0 Å². The van der Waals surface area contributed by atoms with Crippen molar-refractivity contribution in [3.63, 3.8) is 0 Å². The van der Waals surface area contributed by atoms with Crippen LogP contribution in [0.1, 0.15) is 19.4 Å². The van der Waals surface area contributed by atoms with Crippen LogP contribution in [0.2, 0.25) is 0 Å². The molecule has 0 unspecified atom stereocenters. The zero-order valence-corrected chi connectivity index (χ0v) is 17.5. The lowest BCUT2D eigenvalue weighted by Gasteiger charge is -2.11. The lowest BCUT2D eigenvalue weighted by molar-refractivity contribution is 0.647. The Hall–Kier alpha value is -2.97. The average Bonchev–Trinajstić information content (AvgIpc) is 3.12. The number of hydrogen-bond donors (Lipinski definition) is 0. The normalized spacial score (nSPS) is 11.6. The predicted octanol–water partition coefficient (Wildman–Crippen LogP) is 7.98. The lowest BCUT2D eigenvalue weighted by Crippen LogP contribution is -1.95. The van der Waals surface area contributed by atoms with Gasteiger partial charge in [-0.1, -0.05) is 62.4 Å². The summed E-state index contributed by atoms with van der Waals surface area (Å²) < 4.78 is 2.65. The second kappa shape index (κ2) is 7.46. The quantitative estimate of drug-likeness (QED) is 0.301. The number of thiophene rings is 1. The van der Waals surface area contributed by atoms with Crippen LogP contribution >= 0.6 is 11.3 Å². The summed E-state index contributed by atoms with van der Waals surface area (Å²) in [4.78, 5) is 4.72. The Morgan fingerprint density at radius 2 is 1.59 bits per heavy atom. The molecule has 0 saturated heterocycles. The van der Waals surface area contributed by atoms with E-state index in [1.807, 2.05) is 17.5 Å². The van der Waals surface area contributed by atoms with Gasteiger partial charge in [0, 0.05) is 31.9 Å². The maximum atomic E-state index is 4.72. The number of fused-ring (bicyclic) bond motifs is 3. The van der Waals surface area contributed by atoms with Gasteiger partial charge in [-0.2, -0.15) is 0 Å². The molecule has 3 aromatic carbocycles. The molecular formula is C27H23NS. The van der Waals surface area contributed by atoms with Crippen molar-refractivity contribution in [3.8, 4) is 22.4 Å². The van der Waals surface area contributed by atoms with Crippen molar-refractivity contribution in [2.24, 2.45) is 5.92 Å². The standard InChI is InChI=1S/C27H23NS/c1-18(2)14-19-12-13-28-24(15-19)21-16-23(20-8-4-3-5-9-20)27-22-10-6-7-11-25(22)29-26(27)17-21/h3-13,15-18H,14H2,1-2H3. The molecule has 0 radical (unpaired) electrons. The number of rotatable bonds is 4. The first-order valence-corrected chi connectivity index (χ1v) is 11.0. The van der Waals surface area contributed by atoms with Crippen molar-refractivity contribution in [2.75, 3.05) is 0 Å². The van der Waals surface area contributed by atoms with Gasteiger partial charge in [-0.15, -0.1) is 11.3 Å². The van der Waals surface area contributed by atoms with Crippen molar-refractivity contribution >= 4 is 31.5 Å². The third-order valence-electron chi connectivity index (χ3n) is 5.33. The van der Waals surface area contributed by atoms with E-state index in [9.17, 15) is 0 Å². The van der Waals surface area contributed by atoms with Crippen molar-refractivity contribution in [1.82, 2.24) is 4.98 Å². The Balaban J connectivity index is 1.77. The van der Waals surface area contributed by atoms with Crippen molar-refractivity contribution in [1.29, 1.82) is 0 Å². The molecule has 1 nitrogen and oxygen atoms in total. The van der Waals surface area contributed by atoms with E-state index >= 15 is 0 Å². The molecule has 2 heterocycles. The maximum Gasteiger partial charge on any atom is 0.0705 e. The van der Waals surface area contributed by atoms with Gasteiger partial charge in [0.25, 0.3) is 0 Å². The number of hydrogen-bond acceptors (Lipinski definition) is 2. The Bertz CT molecular complexity index is 1300. The molecule has 0 N–H and O–H groups in total. The number of benzene rings is 3.